The number of rotatable bonds is 13. The van der Waals surface area contributed by atoms with Gasteiger partial charge in [-0.15, -0.1) is 0 Å². The third-order valence-electron chi connectivity index (χ3n) is 6.57. The number of aryl methyl sites for hydroxylation is 1. The standard InChI is InChI=1S/C31H38BrN3O5S/c1-6-40-28-15-13-27(14-16-28)35(41(38,39)29-17-11-26(32)12-18-29)21-30(36)34(20-25-10-8-7-9-23(25)4)24(5)31(37)33-19-22(2)3/h7-18,22,24H,6,19-21H2,1-5H3,(H,33,37). The Morgan fingerprint density at radius 2 is 1.59 bits per heavy atom. The van der Waals surface area contributed by atoms with Gasteiger partial charge in [0.25, 0.3) is 10.0 Å². The summed E-state index contributed by atoms with van der Waals surface area (Å²) in [6.45, 7) is 10.0. The molecule has 0 saturated heterocycles. The number of nitrogens with zero attached hydrogens (tertiary/aromatic N) is 2. The Morgan fingerprint density at radius 3 is 2.17 bits per heavy atom. The van der Waals surface area contributed by atoms with Gasteiger partial charge in [-0.05, 0) is 86.3 Å². The molecule has 2 amide bonds. The highest BCUT2D eigenvalue weighted by Crippen LogP contribution is 2.27. The Kier molecular flexibility index (Phi) is 11.4. The monoisotopic (exact) mass is 643 g/mol. The van der Waals surface area contributed by atoms with Crippen molar-refractivity contribution in [3.8, 4) is 5.75 Å². The van der Waals surface area contributed by atoms with Gasteiger partial charge in [-0.2, -0.15) is 0 Å². The number of benzene rings is 3. The normalized spacial score (nSPS) is 12.1. The number of nitrogens with one attached hydrogen (secondary N) is 1. The van der Waals surface area contributed by atoms with E-state index in [1.807, 2.05) is 52.0 Å². The van der Waals surface area contributed by atoms with Crippen LogP contribution in [0.5, 0.6) is 5.75 Å². The summed E-state index contributed by atoms with van der Waals surface area (Å²) in [4.78, 5) is 28.6. The molecule has 3 rings (SSSR count). The quantitative estimate of drug-likeness (QED) is 0.264. The summed E-state index contributed by atoms with van der Waals surface area (Å²) >= 11 is 3.34. The number of hydrogen-bond acceptors (Lipinski definition) is 5. The first kappa shape index (κ1) is 32.1. The molecule has 3 aromatic carbocycles. The van der Waals surface area contributed by atoms with E-state index in [2.05, 4.69) is 21.2 Å². The molecule has 1 unspecified atom stereocenters. The zero-order valence-electron chi connectivity index (χ0n) is 24.1. The molecule has 3 aromatic rings. The molecule has 220 valence electrons. The van der Waals surface area contributed by atoms with Gasteiger partial charge in [0.05, 0.1) is 17.2 Å². The lowest BCUT2D eigenvalue weighted by molar-refractivity contribution is -0.139. The van der Waals surface area contributed by atoms with E-state index >= 15 is 0 Å². The van der Waals surface area contributed by atoms with Crippen LogP contribution in [-0.4, -0.2) is 50.9 Å². The predicted molar refractivity (Wildman–Crippen MR) is 165 cm³/mol. The lowest BCUT2D eigenvalue weighted by atomic mass is 10.1. The fraction of sp³-hybridized carbons (Fsp3) is 0.355. The summed E-state index contributed by atoms with van der Waals surface area (Å²) in [5.41, 5.74) is 2.14. The molecule has 10 heteroatoms. The van der Waals surface area contributed by atoms with Crippen LogP contribution in [0.2, 0.25) is 0 Å². The highest BCUT2D eigenvalue weighted by Gasteiger charge is 2.32. The molecule has 0 aliphatic heterocycles. The molecule has 0 heterocycles. The predicted octanol–water partition coefficient (Wildman–Crippen LogP) is 5.54. The maximum absolute atomic E-state index is 14.0. The third kappa shape index (κ3) is 8.56. The van der Waals surface area contributed by atoms with Crippen molar-refractivity contribution in [2.75, 3.05) is 24.0 Å². The molecule has 0 aliphatic rings. The lowest BCUT2D eigenvalue weighted by Crippen LogP contribution is -2.51. The van der Waals surface area contributed by atoms with Crippen LogP contribution in [-0.2, 0) is 26.2 Å². The van der Waals surface area contributed by atoms with Crippen molar-refractivity contribution < 1.29 is 22.7 Å². The van der Waals surface area contributed by atoms with Gasteiger partial charge < -0.3 is 15.0 Å². The van der Waals surface area contributed by atoms with Gasteiger partial charge in [0.15, 0.2) is 0 Å². The molecule has 0 aromatic heterocycles. The van der Waals surface area contributed by atoms with Crippen molar-refractivity contribution in [2.24, 2.45) is 5.92 Å². The first-order valence-corrected chi connectivity index (χ1v) is 15.8. The van der Waals surface area contributed by atoms with Crippen LogP contribution in [0.4, 0.5) is 5.69 Å². The number of carbonyl (C=O) groups is 2. The van der Waals surface area contributed by atoms with Crippen LogP contribution in [0.15, 0.2) is 82.2 Å². The number of halogens is 1. The highest BCUT2D eigenvalue weighted by atomic mass is 79.9. The van der Waals surface area contributed by atoms with Crippen molar-refractivity contribution in [1.29, 1.82) is 0 Å². The summed E-state index contributed by atoms with van der Waals surface area (Å²) < 4.78 is 35.2. The summed E-state index contributed by atoms with van der Waals surface area (Å²) in [6, 6.07) is 19.6. The van der Waals surface area contributed by atoms with Gasteiger partial charge in [-0.1, -0.05) is 54.0 Å². The smallest absolute Gasteiger partial charge is 0.264 e. The zero-order valence-corrected chi connectivity index (χ0v) is 26.5. The first-order valence-electron chi connectivity index (χ1n) is 13.6. The molecule has 0 bridgehead atoms. The van der Waals surface area contributed by atoms with Crippen molar-refractivity contribution in [3.63, 3.8) is 0 Å². The minimum absolute atomic E-state index is 0.0376. The Morgan fingerprint density at radius 1 is 0.951 bits per heavy atom. The fourth-order valence-corrected chi connectivity index (χ4v) is 5.82. The number of sulfonamides is 1. The van der Waals surface area contributed by atoms with Crippen LogP contribution in [0.25, 0.3) is 0 Å². The minimum atomic E-state index is -4.15. The maximum Gasteiger partial charge on any atom is 0.264 e. The second-order valence-electron chi connectivity index (χ2n) is 10.2. The van der Waals surface area contributed by atoms with Crippen LogP contribution in [0.3, 0.4) is 0 Å². The molecule has 0 saturated carbocycles. The van der Waals surface area contributed by atoms with Crippen molar-refractivity contribution in [3.05, 3.63) is 88.4 Å². The van der Waals surface area contributed by atoms with E-state index in [-0.39, 0.29) is 23.3 Å². The summed E-state index contributed by atoms with van der Waals surface area (Å²) in [6.07, 6.45) is 0. The van der Waals surface area contributed by atoms with E-state index in [0.29, 0.717) is 24.6 Å². The second kappa shape index (κ2) is 14.5. The SMILES string of the molecule is CCOc1ccc(N(CC(=O)N(Cc2ccccc2C)C(C)C(=O)NCC(C)C)S(=O)(=O)c2ccc(Br)cc2)cc1. The van der Waals surface area contributed by atoms with Gasteiger partial charge in [-0.3, -0.25) is 13.9 Å². The number of amides is 2. The average Bonchev–Trinajstić information content (AvgIpc) is 2.94. The van der Waals surface area contributed by atoms with E-state index in [4.69, 9.17) is 4.74 Å². The molecule has 0 aliphatic carbocycles. The summed E-state index contributed by atoms with van der Waals surface area (Å²) in [7, 11) is -4.15. The highest BCUT2D eigenvalue weighted by molar-refractivity contribution is 9.10. The largest absolute Gasteiger partial charge is 0.494 e. The van der Waals surface area contributed by atoms with E-state index in [1.165, 1.54) is 17.0 Å². The van der Waals surface area contributed by atoms with Crippen LogP contribution >= 0.6 is 15.9 Å². The fourth-order valence-electron chi connectivity index (χ4n) is 4.14. The third-order valence-corrected chi connectivity index (χ3v) is 8.89. The second-order valence-corrected chi connectivity index (χ2v) is 12.9. The van der Waals surface area contributed by atoms with E-state index in [1.54, 1.807) is 43.3 Å². The summed E-state index contributed by atoms with van der Waals surface area (Å²) in [5.74, 6) is 0.0112. The number of anilines is 1. The molecule has 0 radical (unpaired) electrons. The molecule has 0 fully saturated rings. The van der Waals surface area contributed by atoms with E-state index < -0.39 is 28.5 Å². The maximum atomic E-state index is 14.0. The zero-order chi connectivity index (χ0) is 30.2. The Labute approximate surface area is 251 Å². The van der Waals surface area contributed by atoms with Gasteiger partial charge >= 0.3 is 0 Å². The molecule has 8 nitrogen and oxygen atoms in total. The van der Waals surface area contributed by atoms with Crippen LogP contribution in [0, 0.1) is 12.8 Å². The topological polar surface area (TPSA) is 96.0 Å². The van der Waals surface area contributed by atoms with E-state index in [9.17, 15) is 18.0 Å². The molecule has 1 atom stereocenters. The number of hydrogen-bond donors (Lipinski definition) is 1. The Bertz CT molecular complexity index is 1430. The van der Waals surface area contributed by atoms with E-state index in [0.717, 1.165) is 19.9 Å². The summed E-state index contributed by atoms with van der Waals surface area (Å²) in [5, 5.41) is 2.90. The van der Waals surface area contributed by atoms with Crippen molar-refractivity contribution in [2.45, 2.75) is 52.1 Å². The average molecular weight is 645 g/mol. The van der Waals surface area contributed by atoms with Gasteiger partial charge in [0.1, 0.15) is 18.3 Å². The Hall–Kier alpha value is -3.37. The van der Waals surface area contributed by atoms with Crippen molar-refractivity contribution in [1.82, 2.24) is 10.2 Å². The molecular weight excluding hydrogens is 606 g/mol. The van der Waals surface area contributed by atoms with Gasteiger partial charge in [-0.25, -0.2) is 8.42 Å². The lowest BCUT2D eigenvalue weighted by Gasteiger charge is -2.32. The van der Waals surface area contributed by atoms with Crippen LogP contribution < -0.4 is 14.4 Å². The minimum Gasteiger partial charge on any atom is -0.494 e. The number of ether oxygens (including phenoxy) is 1. The molecule has 1 N–H and O–H groups in total. The molecule has 41 heavy (non-hydrogen) atoms. The van der Waals surface area contributed by atoms with Crippen LogP contribution in [0.1, 0.15) is 38.8 Å². The van der Waals surface area contributed by atoms with Gasteiger partial charge in [0.2, 0.25) is 11.8 Å². The number of carbonyl (C=O) groups excluding carboxylic acids is 2. The molecular formula is C31H38BrN3O5S. The first-order chi connectivity index (χ1) is 19.4. The Balaban J connectivity index is 2.03. The van der Waals surface area contributed by atoms with Crippen molar-refractivity contribution >= 4 is 43.5 Å². The van der Waals surface area contributed by atoms with Gasteiger partial charge in [0, 0.05) is 17.6 Å². The molecule has 0 spiro atoms.